The van der Waals surface area contributed by atoms with Crippen molar-refractivity contribution in [3.63, 3.8) is 0 Å². The lowest BCUT2D eigenvalue weighted by molar-refractivity contribution is 0.597. The van der Waals surface area contributed by atoms with E-state index in [2.05, 4.69) is 82.2 Å². The van der Waals surface area contributed by atoms with Crippen molar-refractivity contribution in [2.45, 2.75) is 33.2 Å². The number of benzene rings is 1. The van der Waals surface area contributed by atoms with Crippen LogP contribution in [-0.4, -0.2) is 6.54 Å². The fourth-order valence-electron chi connectivity index (χ4n) is 2.23. The van der Waals surface area contributed by atoms with E-state index in [0.717, 1.165) is 13.0 Å². The average Bonchev–Trinajstić information content (AvgIpc) is 2.73. The van der Waals surface area contributed by atoms with E-state index in [1.165, 1.54) is 29.8 Å². The molecule has 1 heterocycles. The standard InChI is InChI=1S/C16H19Br2NS/c1-4-7-19-16(13-9-15(18)20-11(13)3)12-6-5-10(2)14(17)8-12/h5-6,8-9,16,19H,4,7H2,1-3H3. The van der Waals surface area contributed by atoms with Gasteiger partial charge < -0.3 is 5.32 Å². The van der Waals surface area contributed by atoms with Gasteiger partial charge in [-0.25, -0.2) is 0 Å². The van der Waals surface area contributed by atoms with Crippen LogP contribution in [0, 0.1) is 13.8 Å². The molecule has 0 aliphatic heterocycles. The third-order valence-electron chi connectivity index (χ3n) is 3.36. The highest BCUT2D eigenvalue weighted by atomic mass is 79.9. The lowest BCUT2D eigenvalue weighted by Gasteiger charge is -2.20. The molecule has 0 amide bonds. The van der Waals surface area contributed by atoms with Crippen LogP contribution in [0.4, 0.5) is 0 Å². The van der Waals surface area contributed by atoms with Crippen LogP contribution in [0.5, 0.6) is 0 Å². The highest BCUT2D eigenvalue weighted by Crippen LogP contribution is 2.34. The van der Waals surface area contributed by atoms with Crippen molar-refractivity contribution >= 4 is 43.2 Å². The summed E-state index contributed by atoms with van der Waals surface area (Å²) in [5.74, 6) is 0. The number of hydrogen-bond donors (Lipinski definition) is 1. The van der Waals surface area contributed by atoms with Crippen molar-refractivity contribution in [3.05, 3.63) is 54.1 Å². The topological polar surface area (TPSA) is 12.0 Å². The molecule has 2 rings (SSSR count). The first kappa shape index (κ1) is 16.2. The van der Waals surface area contributed by atoms with E-state index in [9.17, 15) is 0 Å². The Morgan fingerprint density at radius 1 is 1.20 bits per heavy atom. The van der Waals surface area contributed by atoms with Crippen molar-refractivity contribution < 1.29 is 0 Å². The molecule has 1 N–H and O–H groups in total. The van der Waals surface area contributed by atoms with Crippen LogP contribution in [0.2, 0.25) is 0 Å². The van der Waals surface area contributed by atoms with Crippen molar-refractivity contribution in [3.8, 4) is 0 Å². The first-order valence-corrected chi connectivity index (χ1v) is 9.18. The molecule has 1 aromatic heterocycles. The van der Waals surface area contributed by atoms with Gasteiger partial charge in [0.2, 0.25) is 0 Å². The van der Waals surface area contributed by atoms with Crippen LogP contribution >= 0.6 is 43.2 Å². The van der Waals surface area contributed by atoms with Crippen LogP contribution in [0.3, 0.4) is 0 Å². The van der Waals surface area contributed by atoms with E-state index in [1.54, 1.807) is 11.3 Å². The molecule has 0 aliphatic rings. The molecular weight excluding hydrogens is 398 g/mol. The molecule has 1 unspecified atom stereocenters. The minimum Gasteiger partial charge on any atom is -0.306 e. The predicted octanol–water partition coefficient (Wildman–Crippen LogP) is 5.98. The Kier molecular flexibility index (Phi) is 5.84. The summed E-state index contributed by atoms with van der Waals surface area (Å²) in [6.45, 7) is 7.53. The first-order chi connectivity index (χ1) is 9.52. The third-order valence-corrected chi connectivity index (χ3v) is 5.79. The summed E-state index contributed by atoms with van der Waals surface area (Å²) < 4.78 is 2.37. The maximum Gasteiger partial charge on any atom is 0.0704 e. The van der Waals surface area contributed by atoms with Gasteiger partial charge in [0, 0.05) is 9.35 Å². The zero-order chi connectivity index (χ0) is 14.7. The first-order valence-electron chi connectivity index (χ1n) is 6.78. The summed E-state index contributed by atoms with van der Waals surface area (Å²) in [6.07, 6.45) is 1.13. The Hall–Kier alpha value is -0.160. The average molecular weight is 417 g/mol. The monoisotopic (exact) mass is 415 g/mol. The summed E-state index contributed by atoms with van der Waals surface area (Å²) in [6, 6.07) is 9.12. The summed E-state index contributed by atoms with van der Waals surface area (Å²) in [7, 11) is 0. The van der Waals surface area contributed by atoms with Gasteiger partial charge in [-0.15, -0.1) is 11.3 Å². The molecule has 0 saturated carbocycles. The number of halogens is 2. The maximum absolute atomic E-state index is 3.67. The second-order valence-electron chi connectivity index (χ2n) is 4.96. The molecule has 0 aliphatic carbocycles. The van der Waals surface area contributed by atoms with Crippen LogP contribution < -0.4 is 5.32 Å². The lowest BCUT2D eigenvalue weighted by Crippen LogP contribution is -2.23. The molecule has 0 bridgehead atoms. The smallest absolute Gasteiger partial charge is 0.0704 e. The second kappa shape index (κ2) is 7.21. The number of nitrogens with one attached hydrogen (secondary N) is 1. The second-order valence-corrected chi connectivity index (χ2v) is 8.45. The van der Waals surface area contributed by atoms with Gasteiger partial charge in [0.15, 0.2) is 0 Å². The summed E-state index contributed by atoms with van der Waals surface area (Å²) in [5, 5.41) is 3.67. The van der Waals surface area contributed by atoms with E-state index in [-0.39, 0.29) is 6.04 Å². The SMILES string of the molecule is CCCNC(c1ccc(C)c(Br)c1)c1cc(Br)sc1C. The zero-order valence-electron chi connectivity index (χ0n) is 12.0. The lowest BCUT2D eigenvalue weighted by atomic mass is 9.98. The third kappa shape index (κ3) is 3.73. The van der Waals surface area contributed by atoms with Crippen molar-refractivity contribution in [2.24, 2.45) is 0 Å². The Morgan fingerprint density at radius 2 is 1.95 bits per heavy atom. The molecular formula is C16H19Br2NS. The number of hydrogen-bond acceptors (Lipinski definition) is 2. The summed E-state index contributed by atoms with van der Waals surface area (Å²) in [5.41, 5.74) is 3.95. The Morgan fingerprint density at radius 3 is 2.50 bits per heavy atom. The summed E-state index contributed by atoms with van der Waals surface area (Å²) >= 11 is 9.04. The Balaban J connectivity index is 2.41. The Bertz CT molecular complexity index is 592. The van der Waals surface area contributed by atoms with Crippen LogP contribution in [0.1, 0.15) is 41.0 Å². The van der Waals surface area contributed by atoms with Crippen LogP contribution in [-0.2, 0) is 0 Å². The van der Waals surface area contributed by atoms with Crippen molar-refractivity contribution in [2.75, 3.05) is 6.54 Å². The van der Waals surface area contributed by atoms with E-state index < -0.39 is 0 Å². The zero-order valence-corrected chi connectivity index (χ0v) is 16.0. The minimum atomic E-state index is 0.259. The van der Waals surface area contributed by atoms with Gasteiger partial charge in [0.25, 0.3) is 0 Å². The molecule has 20 heavy (non-hydrogen) atoms. The molecule has 0 fully saturated rings. The molecule has 4 heteroatoms. The number of aryl methyl sites for hydroxylation is 2. The van der Waals surface area contributed by atoms with E-state index in [4.69, 9.17) is 0 Å². The molecule has 1 atom stereocenters. The number of rotatable bonds is 5. The van der Waals surface area contributed by atoms with Crippen molar-refractivity contribution in [1.82, 2.24) is 5.32 Å². The molecule has 0 radical (unpaired) electrons. The van der Waals surface area contributed by atoms with Gasteiger partial charge in [-0.1, -0.05) is 35.0 Å². The van der Waals surface area contributed by atoms with Gasteiger partial charge in [0.05, 0.1) is 9.83 Å². The number of thiophene rings is 1. The quantitative estimate of drug-likeness (QED) is 0.632. The fraction of sp³-hybridized carbons (Fsp3) is 0.375. The van der Waals surface area contributed by atoms with Gasteiger partial charge >= 0.3 is 0 Å². The van der Waals surface area contributed by atoms with Crippen molar-refractivity contribution in [1.29, 1.82) is 0 Å². The van der Waals surface area contributed by atoms with E-state index in [1.807, 2.05) is 0 Å². The Labute approximate surface area is 142 Å². The molecule has 2 aromatic rings. The van der Waals surface area contributed by atoms with Crippen LogP contribution in [0.25, 0.3) is 0 Å². The fourth-order valence-corrected chi connectivity index (χ4v) is 4.37. The maximum atomic E-state index is 3.67. The summed E-state index contributed by atoms with van der Waals surface area (Å²) in [4.78, 5) is 1.36. The highest BCUT2D eigenvalue weighted by molar-refractivity contribution is 9.11. The van der Waals surface area contributed by atoms with Gasteiger partial charge in [-0.2, -0.15) is 0 Å². The molecule has 108 valence electrons. The van der Waals surface area contributed by atoms with Gasteiger partial charge in [0.1, 0.15) is 0 Å². The van der Waals surface area contributed by atoms with E-state index in [0.29, 0.717) is 0 Å². The highest BCUT2D eigenvalue weighted by Gasteiger charge is 2.18. The van der Waals surface area contributed by atoms with Crippen LogP contribution in [0.15, 0.2) is 32.5 Å². The normalized spacial score (nSPS) is 12.7. The molecule has 1 aromatic carbocycles. The molecule has 0 spiro atoms. The van der Waals surface area contributed by atoms with Gasteiger partial charge in [-0.05, 0) is 71.6 Å². The van der Waals surface area contributed by atoms with E-state index >= 15 is 0 Å². The predicted molar refractivity (Wildman–Crippen MR) is 95.8 cm³/mol. The minimum absolute atomic E-state index is 0.259. The molecule has 0 saturated heterocycles. The van der Waals surface area contributed by atoms with Gasteiger partial charge in [-0.3, -0.25) is 0 Å². The molecule has 1 nitrogen and oxygen atoms in total. The largest absolute Gasteiger partial charge is 0.306 e.